The third-order valence-electron chi connectivity index (χ3n) is 5.94. The van der Waals surface area contributed by atoms with Crippen LogP contribution >= 0.6 is 23.4 Å². The first-order valence-corrected chi connectivity index (χ1v) is 10.9. The lowest BCUT2D eigenvalue weighted by Gasteiger charge is -2.39. The van der Waals surface area contributed by atoms with Gasteiger partial charge in [-0.15, -0.1) is 0 Å². The number of allylic oxidation sites excluding steroid dienone is 1. The van der Waals surface area contributed by atoms with Crippen molar-refractivity contribution in [2.24, 2.45) is 4.99 Å². The van der Waals surface area contributed by atoms with Crippen LogP contribution in [-0.4, -0.2) is 34.0 Å². The fourth-order valence-electron chi connectivity index (χ4n) is 4.25. The summed E-state index contributed by atoms with van der Waals surface area (Å²) in [5, 5.41) is 1.22. The molecule has 5 rings (SSSR count). The van der Waals surface area contributed by atoms with E-state index in [0.717, 1.165) is 42.2 Å². The topological polar surface area (TPSA) is 54.8 Å². The number of hydrogen-bond donors (Lipinski definition) is 0. The zero-order valence-corrected chi connectivity index (χ0v) is 17.6. The largest absolute Gasteiger partial charge is 0.365 e. The first kappa shape index (κ1) is 18.9. The molecular weight excluding hydrogens is 406 g/mol. The number of thioether (sulfide) groups is 1. The minimum atomic E-state index is -0.190. The second-order valence-corrected chi connectivity index (χ2v) is 8.92. The lowest BCUT2D eigenvalue weighted by molar-refractivity contribution is -0.113. The van der Waals surface area contributed by atoms with Crippen molar-refractivity contribution in [1.82, 2.24) is 9.88 Å². The fourth-order valence-corrected chi connectivity index (χ4v) is 5.39. The maximum atomic E-state index is 12.6. The van der Waals surface area contributed by atoms with E-state index in [-0.39, 0.29) is 11.5 Å². The van der Waals surface area contributed by atoms with Crippen LogP contribution in [0.15, 0.2) is 52.5 Å². The van der Waals surface area contributed by atoms with E-state index in [1.807, 2.05) is 13.0 Å². The highest BCUT2D eigenvalue weighted by Crippen LogP contribution is 2.45. The third kappa shape index (κ3) is 3.29. The van der Waals surface area contributed by atoms with Crippen LogP contribution in [0.25, 0.3) is 5.57 Å². The van der Waals surface area contributed by atoms with Crippen LogP contribution in [0.4, 0.5) is 0 Å². The van der Waals surface area contributed by atoms with Crippen molar-refractivity contribution in [3.05, 3.63) is 69.3 Å². The van der Waals surface area contributed by atoms with Crippen LogP contribution < -0.4 is 0 Å². The fraction of sp³-hybridized carbons (Fsp3) is 0.318. The van der Waals surface area contributed by atoms with Gasteiger partial charge in [0, 0.05) is 19.3 Å². The highest BCUT2D eigenvalue weighted by molar-refractivity contribution is 8.18. The molecule has 0 atom stereocenters. The van der Waals surface area contributed by atoms with E-state index >= 15 is 0 Å². The van der Waals surface area contributed by atoms with Gasteiger partial charge < -0.3 is 9.64 Å². The van der Waals surface area contributed by atoms with Crippen LogP contribution in [-0.2, 0) is 21.7 Å². The van der Waals surface area contributed by atoms with Crippen molar-refractivity contribution in [2.45, 2.75) is 32.0 Å². The maximum Gasteiger partial charge on any atom is 0.286 e. The molecular formula is C22H20ClN3O2S. The molecule has 0 aliphatic carbocycles. The summed E-state index contributed by atoms with van der Waals surface area (Å²) < 4.78 is 6.24. The van der Waals surface area contributed by atoms with Crippen LogP contribution in [0.1, 0.15) is 36.5 Å². The molecule has 4 heterocycles. The predicted molar refractivity (Wildman–Crippen MR) is 116 cm³/mol. The van der Waals surface area contributed by atoms with E-state index in [2.05, 4.69) is 39.1 Å². The number of carbonyl (C=O) groups excluding carboxylic acids is 1. The average molecular weight is 426 g/mol. The number of halogens is 1. The zero-order valence-electron chi connectivity index (χ0n) is 16.0. The van der Waals surface area contributed by atoms with Crippen LogP contribution in [0.3, 0.4) is 0 Å². The lowest BCUT2D eigenvalue weighted by atomic mass is 9.84. The number of nitrogens with zero attached hydrogens (tertiary/aromatic N) is 3. The Morgan fingerprint density at radius 3 is 2.76 bits per heavy atom. The SMILES string of the molecule is CC(=C1SC(N2CCC3(CC2)OCc2ccccc23)=NC1=O)c1ccc(Cl)nc1. The van der Waals surface area contributed by atoms with E-state index in [1.54, 1.807) is 12.3 Å². The molecule has 0 radical (unpaired) electrons. The van der Waals surface area contributed by atoms with Crippen molar-refractivity contribution in [1.29, 1.82) is 0 Å². The molecule has 5 nitrogen and oxygen atoms in total. The van der Waals surface area contributed by atoms with Gasteiger partial charge in [0.05, 0.1) is 17.1 Å². The van der Waals surface area contributed by atoms with E-state index in [9.17, 15) is 4.79 Å². The number of aromatic nitrogens is 1. The Morgan fingerprint density at radius 2 is 2.00 bits per heavy atom. The summed E-state index contributed by atoms with van der Waals surface area (Å²) in [6.07, 6.45) is 3.49. The number of carbonyl (C=O) groups is 1. The number of fused-ring (bicyclic) bond motifs is 2. The van der Waals surface area contributed by atoms with Crippen molar-refractivity contribution < 1.29 is 9.53 Å². The Bertz CT molecular complexity index is 1040. The molecule has 148 valence electrons. The van der Waals surface area contributed by atoms with Gasteiger partial charge in [-0.3, -0.25) is 4.79 Å². The Hall–Kier alpha value is -2.15. The first-order valence-electron chi connectivity index (χ1n) is 9.67. The number of amides is 1. The molecule has 0 unspecified atom stereocenters. The van der Waals surface area contributed by atoms with Crippen LogP contribution in [0, 0.1) is 0 Å². The monoisotopic (exact) mass is 425 g/mol. The molecule has 3 aliphatic rings. The average Bonchev–Trinajstić information content (AvgIpc) is 3.30. The minimum Gasteiger partial charge on any atom is -0.365 e. The Kier molecular flexibility index (Phi) is 4.73. The van der Waals surface area contributed by atoms with E-state index in [4.69, 9.17) is 16.3 Å². The van der Waals surface area contributed by atoms with E-state index in [1.165, 1.54) is 22.9 Å². The van der Waals surface area contributed by atoms with Crippen molar-refractivity contribution in [3.63, 3.8) is 0 Å². The molecule has 0 N–H and O–H groups in total. The molecule has 29 heavy (non-hydrogen) atoms. The smallest absolute Gasteiger partial charge is 0.286 e. The number of rotatable bonds is 1. The summed E-state index contributed by atoms with van der Waals surface area (Å²) in [6, 6.07) is 12.1. The molecule has 2 aromatic rings. The molecule has 1 amide bonds. The third-order valence-corrected chi connectivity index (χ3v) is 7.38. The van der Waals surface area contributed by atoms with Gasteiger partial charge in [0.25, 0.3) is 5.91 Å². The second kappa shape index (κ2) is 7.27. The van der Waals surface area contributed by atoms with Gasteiger partial charge in [-0.1, -0.05) is 41.9 Å². The number of pyridine rings is 1. The molecule has 1 aromatic heterocycles. The van der Waals surface area contributed by atoms with Gasteiger partial charge in [-0.25, -0.2) is 4.98 Å². The number of hydrogen-bond acceptors (Lipinski definition) is 5. The molecule has 1 saturated heterocycles. The minimum absolute atomic E-state index is 0.180. The van der Waals surface area contributed by atoms with Gasteiger partial charge in [0.1, 0.15) is 5.15 Å². The van der Waals surface area contributed by atoms with Gasteiger partial charge in [0.15, 0.2) is 5.17 Å². The summed E-state index contributed by atoms with van der Waals surface area (Å²) in [5.74, 6) is -0.180. The van der Waals surface area contributed by atoms with Gasteiger partial charge in [-0.05, 0) is 59.9 Å². The van der Waals surface area contributed by atoms with Crippen molar-refractivity contribution >= 4 is 40.0 Å². The van der Waals surface area contributed by atoms with Gasteiger partial charge in [0.2, 0.25) is 0 Å². The van der Waals surface area contributed by atoms with E-state index in [0.29, 0.717) is 16.7 Å². The van der Waals surface area contributed by atoms with Crippen LogP contribution in [0.5, 0.6) is 0 Å². The Labute approximate surface area is 178 Å². The molecule has 0 saturated carbocycles. The zero-order chi connectivity index (χ0) is 20.0. The maximum absolute atomic E-state index is 12.6. The quantitative estimate of drug-likeness (QED) is 0.493. The summed E-state index contributed by atoms with van der Waals surface area (Å²) in [5.41, 5.74) is 4.19. The highest BCUT2D eigenvalue weighted by atomic mass is 35.5. The highest BCUT2D eigenvalue weighted by Gasteiger charge is 2.43. The number of likely N-dealkylation sites (tertiary alicyclic amines) is 1. The van der Waals surface area contributed by atoms with Gasteiger partial charge in [-0.2, -0.15) is 4.99 Å². The summed E-state index contributed by atoms with van der Waals surface area (Å²) >= 11 is 7.33. The number of ether oxygens (including phenoxy) is 1. The first-order chi connectivity index (χ1) is 14.1. The van der Waals surface area contributed by atoms with Gasteiger partial charge >= 0.3 is 0 Å². The van der Waals surface area contributed by atoms with E-state index < -0.39 is 0 Å². The predicted octanol–water partition coefficient (Wildman–Crippen LogP) is 4.62. The molecule has 1 spiro atoms. The molecule has 1 fully saturated rings. The van der Waals surface area contributed by atoms with Crippen molar-refractivity contribution in [2.75, 3.05) is 13.1 Å². The summed E-state index contributed by atoms with van der Waals surface area (Å²) in [7, 11) is 0. The second-order valence-electron chi connectivity index (χ2n) is 7.55. The molecule has 7 heteroatoms. The molecule has 1 aromatic carbocycles. The van der Waals surface area contributed by atoms with Crippen LogP contribution in [0.2, 0.25) is 5.15 Å². The molecule has 0 bridgehead atoms. The lowest BCUT2D eigenvalue weighted by Crippen LogP contribution is -2.44. The Morgan fingerprint density at radius 1 is 1.21 bits per heavy atom. The summed E-state index contributed by atoms with van der Waals surface area (Å²) in [4.78, 5) is 23.9. The number of aliphatic imine (C=N–C) groups is 1. The van der Waals surface area contributed by atoms with Crippen molar-refractivity contribution in [3.8, 4) is 0 Å². The summed E-state index contributed by atoms with van der Waals surface area (Å²) in [6.45, 7) is 4.26. The number of amidine groups is 1. The normalized spacial score (nSPS) is 22.1. The standard InChI is InChI=1S/C22H20ClN3O2S/c1-14(15-6-7-18(23)24-12-15)19-20(27)25-21(29-19)26-10-8-22(9-11-26)17-5-3-2-4-16(17)13-28-22/h2-7,12H,8-11,13H2,1H3. The Balaban J connectivity index is 1.31. The number of piperidine rings is 1. The number of benzene rings is 1. The molecule has 3 aliphatic heterocycles.